The number of hydrogen-bond acceptors (Lipinski definition) is 7. The van der Waals surface area contributed by atoms with Crippen LogP contribution in [0.3, 0.4) is 0 Å². The van der Waals surface area contributed by atoms with Gasteiger partial charge in [0.05, 0.1) is 17.6 Å². The Labute approximate surface area is 205 Å². The molecule has 2 rings (SSSR count). The van der Waals surface area contributed by atoms with Gasteiger partial charge >= 0.3 is 12.5 Å². The SMILES string of the molecule is CC.CN(CCN1CCC(NC(=O)OC(C)(C)C)CC1)c1cc(OC(F)(F)F)ccc1N=CC=O. The third-order valence-corrected chi connectivity index (χ3v) is 4.93. The maximum atomic E-state index is 12.6. The fraction of sp³-hybridized carbons (Fsp3) is 0.625. The average Bonchev–Trinajstić information content (AvgIpc) is 2.76. The largest absolute Gasteiger partial charge is 0.573 e. The molecule has 0 atom stereocenters. The zero-order valence-electron chi connectivity index (χ0n) is 21.3. The second-order valence-corrected chi connectivity index (χ2v) is 8.80. The summed E-state index contributed by atoms with van der Waals surface area (Å²) >= 11 is 0. The number of rotatable bonds is 8. The van der Waals surface area contributed by atoms with Gasteiger partial charge in [0.2, 0.25) is 0 Å². The van der Waals surface area contributed by atoms with Crippen LogP contribution in [0.5, 0.6) is 5.75 Å². The zero-order valence-corrected chi connectivity index (χ0v) is 21.3. The van der Waals surface area contributed by atoms with Gasteiger partial charge in [0.1, 0.15) is 11.4 Å². The van der Waals surface area contributed by atoms with E-state index in [0.29, 0.717) is 30.8 Å². The number of aliphatic imine (C=N–C) groups is 1. The number of alkyl halides is 3. The average molecular weight is 503 g/mol. The summed E-state index contributed by atoms with van der Waals surface area (Å²) in [4.78, 5) is 30.6. The monoisotopic (exact) mass is 502 g/mol. The highest BCUT2D eigenvalue weighted by Crippen LogP contribution is 2.34. The maximum Gasteiger partial charge on any atom is 0.573 e. The Kier molecular flexibility index (Phi) is 12.0. The second-order valence-electron chi connectivity index (χ2n) is 8.80. The number of alkyl carbamates (subject to hydrolysis) is 1. The molecule has 0 spiro atoms. The molecule has 0 unspecified atom stereocenters. The first-order chi connectivity index (χ1) is 16.4. The molecule has 1 fully saturated rings. The number of hydrogen-bond donors (Lipinski definition) is 1. The van der Waals surface area contributed by atoms with Gasteiger partial charge in [0.15, 0.2) is 6.29 Å². The fourth-order valence-corrected chi connectivity index (χ4v) is 3.41. The van der Waals surface area contributed by atoms with Crippen LogP contribution in [0.25, 0.3) is 0 Å². The number of carbonyl (C=O) groups excluding carboxylic acids is 2. The Bertz CT molecular complexity index is 833. The van der Waals surface area contributed by atoms with Crippen molar-refractivity contribution in [2.45, 2.75) is 65.5 Å². The number of nitrogens with one attached hydrogen (secondary N) is 1. The number of likely N-dealkylation sites (tertiary alicyclic amines) is 1. The molecule has 0 bridgehead atoms. The highest BCUT2D eigenvalue weighted by Gasteiger charge is 2.31. The van der Waals surface area contributed by atoms with Gasteiger partial charge in [0, 0.05) is 45.3 Å². The van der Waals surface area contributed by atoms with Gasteiger partial charge in [-0.2, -0.15) is 0 Å². The van der Waals surface area contributed by atoms with E-state index < -0.39 is 18.1 Å². The van der Waals surface area contributed by atoms with Gasteiger partial charge in [-0.05, 0) is 45.7 Å². The number of anilines is 1. The van der Waals surface area contributed by atoms with Crippen LogP contribution >= 0.6 is 0 Å². The van der Waals surface area contributed by atoms with Gasteiger partial charge in [-0.15, -0.1) is 13.2 Å². The molecular weight excluding hydrogens is 465 g/mol. The summed E-state index contributed by atoms with van der Waals surface area (Å²) in [6, 6.07) is 3.82. The molecule has 1 amide bonds. The summed E-state index contributed by atoms with van der Waals surface area (Å²) in [6.45, 7) is 12.1. The number of ether oxygens (including phenoxy) is 2. The third kappa shape index (κ3) is 11.9. The quantitative estimate of drug-likeness (QED) is 0.401. The van der Waals surface area contributed by atoms with E-state index in [-0.39, 0.29) is 11.8 Å². The Morgan fingerprint density at radius 2 is 1.86 bits per heavy atom. The van der Waals surface area contributed by atoms with Crippen molar-refractivity contribution in [3.05, 3.63) is 18.2 Å². The van der Waals surface area contributed by atoms with Crippen molar-refractivity contribution >= 4 is 30.0 Å². The van der Waals surface area contributed by atoms with Crippen LogP contribution in [-0.2, 0) is 9.53 Å². The lowest BCUT2D eigenvalue weighted by atomic mass is 10.1. The normalized spacial score (nSPS) is 15.2. The van der Waals surface area contributed by atoms with Crippen LogP contribution in [-0.4, -0.2) is 74.7 Å². The number of nitrogens with zero attached hydrogens (tertiary/aromatic N) is 3. The molecule has 1 aromatic carbocycles. The van der Waals surface area contributed by atoms with E-state index in [2.05, 4.69) is 19.9 Å². The Morgan fingerprint density at radius 1 is 1.23 bits per heavy atom. The summed E-state index contributed by atoms with van der Waals surface area (Å²) in [5.74, 6) is -0.358. The minimum absolute atomic E-state index is 0.0364. The predicted molar refractivity (Wildman–Crippen MR) is 131 cm³/mol. The van der Waals surface area contributed by atoms with Crippen LogP contribution in [0, 0.1) is 0 Å². The van der Waals surface area contributed by atoms with Crippen molar-refractivity contribution in [1.82, 2.24) is 10.2 Å². The summed E-state index contributed by atoms with van der Waals surface area (Å²) in [7, 11) is 1.74. The molecule has 0 aromatic heterocycles. The third-order valence-electron chi connectivity index (χ3n) is 4.93. The van der Waals surface area contributed by atoms with Crippen LogP contribution in [0.2, 0.25) is 0 Å². The van der Waals surface area contributed by atoms with Crippen LogP contribution in [0.1, 0.15) is 47.5 Å². The van der Waals surface area contributed by atoms with Gasteiger partial charge < -0.3 is 24.6 Å². The highest BCUT2D eigenvalue weighted by molar-refractivity contribution is 6.14. The summed E-state index contributed by atoms with van der Waals surface area (Å²) < 4.78 is 47.1. The molecular formula is C24H37F3N4O4. The zero-order chi connectivity index (χ0) is 26.6. The number of carbonyl (C=O) groups is 2. The standard InChI is InChI=1S/C22H31F3N4O4.C2H6/c1-21(2,3)33-20(31)27-16-7-10-29(11-8-16)13-12-28(4)19-15-17(32-22(23,24)25)5-6-18(19)26-9-14-30;1-2/h5-6,9,14-16H,7-8,10-13H2,1-4H3,(H,27,31);1-2H3. The Morgan fingerprint density at radius 3 is 2.40 bits per heavy atom. The van der Waals surface area contributed by atoms with Crippen LogP contribution < -0.4 is 15.0 Å². The van der Waals surface area contributed by atoms with Crippen LogP contribution in [0.4, 0.5) is 29.3 Å². The van der Waals surface area contributed by atoms with Crippen molar-refractivity contribution < 1.29 is 32.2 Å². The maximum absolute atomic E-state index is 12.6. The molecule has 1 N–H and O–H groups in total. The van der Waals surface area contributed by atoms with Gasteiger partial charge in [0.25, 0.3) is 0 Å². The Hall–Kier alpha value is -2.82. The predicted octanol–water partition coefficient (Wildman–Crippen LogP) is 4.94. The number of benzene rings is 1. The second kappa shape index (κ2) is 13.9. The summed E-state index contributed by atoms with van der Waals surface area (Å²) in [6.07, 6.45) is -2.15. The lowest BCUT2D eigenvalue weighted by Gasteiger charge is -2.34. The highest BCUT2D eigenvalue weighted by atomic mass is 19.4. The molecule has 11 heteroatoms. The fourth-order valence-electron chi connectivity index (χ4n) is 3.41. The van der Waals surface area contributed by atoms with Gasteiger partial charge in [-0.1, -0.05) is 13.8 Å². The molecule has 1 heterocycles. The Balaban J connectivity index is 0.00000298. The number of aldehydes is 1. The molecule has 198 valence electrons. The summed E-state index contributed by atoms with van der Waals surface area (Å²) in [5.41, 5.74) is 0.225. The lowest BCUT2D eigenvalue weighted by Crippen LogP contribution is -2.47. The molecule has 0 aliphatic carbocycles. The first-order valence-electron chi connectivity index (χ1n) is 11.7. The topological polar surface area (TPSA) is 83.5 Å². The minimum Gasteiger partial charge on any atom is -0.444 e. The number of likely N-dealkylation sites (N-methyl/N-ethyl adjacent to an activating group) is 1. The molecule has 35 heavy (non-hydrogen) atoms. The van der Waals surface area contributed by atoms with E-state index in [9.17, 15) is 22.8 Å². The number of amides is 1. The van der Waals surface area contributed by atoms with E-state index in [4.69, 9.17) is 4.74 Å². The molecule has 1 aromatic rings. The van der Waals surface area contributed by atoms with Crippen LogP contribution in [0.15, 0.2) is 23.2 Å². The number of piperidine rings is 1. The minimum atomic E-state index is -4.80. The molecule has 8 nitrogen and oxygen atoms in total. The van der Waals surface area contributed by atoms with E-state index in [1.54, 1.807) is 11.9 Å². The molecule has 0 saturated carbocycles. The van der Waals surface area contributed by atoms with Crippen molar-refractivity contribution in [3.63, 3.8) is 0 Å². The molecule has 1 saturated heterocycles. The van der Waals surface area contributed by atoms with Crippen molar-refractivity contribution in [1.29, 1.82) is 0 Å². The molecule has 0 radical (unpaired) electrons. The van der Waals surface area contributed by atoms with Gasteiger partial charge in [-0.25, -0.2) is 4.79 Å². The van der Waals surface area contributed by atoms with E-state index in [1.807, 2.05) is 34.6 Å². The first-order valence-corrected chi connectivity index (χ1v) is 11.7. The van der Waals surface area contributed by atoms with Gasteiger partial charge in [-0.3, -0.25) is 9.79 Å². The van der Waals surface area contributed by atoms with E-state index in [0.717, 1.165) is 38.2 Å². The molecule has 1 aliphatic heterocycles. The van der Waals surface area contributed by atoms with Crippen molar-refractivity contribution in [3.8, 4) is 5.75 Å². The first kappa shape index (κ1) is 30.2. The smallest absolute Gasteiger partial charge is 0.444 e. The summed E-state index contributed by atoms with van der Waals surface area (Å²) in [5, 5.41) is 2.89. The van der Waals surface area contributed by atoms with Crippen molar-refractivity contribution in [2.24, 2.45) is 4.99 Å². The van der Waals surface area contributed by atoms with E-state index in [1.165, 1.54) is 12.1 Å². The number of halogens is 3. The molecule has 1 aliphatic rings. The van der Waals surface area contributed by atoms with E-state index >= 15 is 0 Å². The van der Waals surface area contributed by atoms with Crippen molar-refractivity contribution in [2.75, 3.05) is 38.1 Å². The lowest BCUT2D eigenvalue weighted by molar-refractivity contribution is -0.274.